The number of rotatable bonds is 5. The lowest BCUT2D eigenvalue weighted by atomic mass is 10.2. The molecule has 4 nitrogen and oxygen atoms in total. The highest BCUT2D eigenvalue weighted by atomic mass is 16.2. The summed E-state index contributed by atoms with van der Waals surface area (Å²) in [7, 11) is 1.74. The molecular formula is C16H17N3O. The molecule has 0 saturated carbocycles. The van der Waals surface area contributed by atoms with Gasteiger partial charge in [-0.1, -0.05) is 24.3 Å². The molecule has 0 aliphatic carbocycles. The van der Waals surface area contributed by atoms with Gasteiger partial charge in [-0.15, -0.1) is 6.58 Å². The normalized spacial score (nSPS) is 9.85. The lowest BCUT2D eigenvalue weighted by Gasteiger charge is -2.16. The van der Waals surface area contributed by atoms with E-state index >= 15 is 0 Å². The molecule has 20 heavy (non-hydrogen) atoms. The molecule has 1 aromatic heterocycles. The second-order valence-corrected chi connectivity index (χ2v) is 4.30. The Balaban J connectivity index is 2.11. The predicted octanol–water partition coefficient (Wildman–Crippen LogP) is 2.96. The van der Waals surface area contributed by atoms with Crippen LogP contribution in [0.2, 0.25) is 0 Å². The Morgan fingerprint density at radius 1 is 1.30 bits per heavy atom. The Morgan fingerprint density at radius 2 is 2.05 bits per heavy atom. The lowest BCUT2D eigenvalue weighted by Crippen LogP contribution is -2.26. The van der Waals surface area contributed by atoms with Crippen LogP contribution in [0, 0.1) is 0 Å². The Kier molecular flexibility index (Phi) is 4.50. The minimum Gasteiger partial charge on any atom is -0.380 e. The van der Waals surface area contributed by atoms with E-state index < -0.39 is 0 Å². The van der Waals surface area contributed by atoms with Crippen LogP contribution in [-0.4, -0.2) is 24.5 Å². The van der Waals surface area contributed by atoms with Gasteiger partial charge in [-0.2, -0.15) is 0 Å². The van der Waals surface area contributed by atoms with Gasteiger partial charge in [0.1, 0.15) is 5.69 Å². The number of benzene rings is 1. The van der Waals surface area contributed by atoms with Crippen LogP contribution in [0.25, 0.3) is 0 Å². The highest BCUT2D eigenvalue weighted by Crippen LogP contribution is 2.14. The van der Waals surface area contributed by atoms with Crippen molar-refractivity contribution >= 4 is 17.3 Å². The highest BCUT2D eigenvalue weighted by molar-refractivity contribution is 6.04. The van der Waals surface area contributed by atoms with Crippen molar-refractivity contribution in [2.24, 2.45) is 0 Å². The number of carbonyl (C=O) groups is 1. The highest BCUT2D eigenvalue weighted by Gasteiger charge is 2.14. The third kappa shape index (κ3) is 3.23. The summed E-state index contributed by atoms with van der Waals surface area (Å²) in [6, 6.07) is 13.0. The number of aromatic nitrogens is 1. The van der Waals surface area contributed by atoms with Crippen LogP contribution >= 0.6 is 0 Å². The summed E-state index contributed by atoms with van der Waals surface area (Å²) in [5.74, 6) is -0.133. The monoisotopic (exact) mass is 267 g/mol. The zero-order valence-electron chi connectivity index (χ0n) is 11.4. The van der Waals surface area contributed by atoms with Crippen LogP contribution < -0.4 is 10.2 Å². The molecule has 1 aromatic carbocycles. The van der Waals surface area contributed by atoms with Crippen LogP contribution in [0.15, 0.2) is 61.3 Å². The van der Waals surface area contributed by atoms with Gasteiger partial charge in [0.05, 0.1) is 11.9 Å². The zero-order chi connectivity index (χ0) is 14.4. The molecule has 0 aliphatic heterocycles. The summed E-state index contributed by atoms with van der Waals surface area (Å²) < 4.78 is 0. The quantitative estimate of drug-likeness (QED) is 0.847. The Morgan fingerprint density at radius 3 is 2.65 bits per heavy atom. The van der Waals surface area contributed by atoms with E-state index in [0.29, 0.717) is 12.2 Å². The van der Waals surface area contributed by atoms with E-state index in [9.17, 15) is 4.79 Å². The number of carbonyl (C=O) groups excluding carboxylic acids is 1. The molecule has 1 N–H and O–H groups in total. The van der Waals surface area contributed by atoms with Crippen molar-refractivity contribution in [2.45, 2.75) is 0 Å². The first-order valence-electron chi connectivity index (χ1n) is 6.36. The van der Waals surface area contributed by atoms with Crippen molar-refractivity contribution < 1.29 is 4.79 Å². The van der Waals surface area contributed by atoms with E-state index in [1.54, 1.807) is 30.3 Å². The molecule has 0 fully saturated rings. The van der Waals surface area contributed by atoms with Crippen LogP contribution in [0.3, 0.4) is 0 Å². The fraction of sp³-hybridized carbons (Fsp3) is 0.125. The fourth-order valence-corrected chi connectivity index (χ4v) is 1.76. The molecule has 1 heterocycles. The second-order valence-electron chi connectivity index (χ2n) is 4.30. The number of para-hydroxylation sites is 1. The number of nitrogens with one attached hydrogen (secondary N) is 1. The van der Waals surface area contributed by atoms with E-state index in [1.165, 1.54) is 0 Å². The second kappa shape index (κ2) is 6.52. The summed E-state index contributed by atoms with van der Waals surface area (Å²) in [6.07, 6.45) is 3.41. The maximum atomic E-state index is 12.3. The van der Waals surface area contributed by atoms with E-state index in [4.69, 9.17) is 0 Å². The van der Waals surface area contributed by atoms with Crippen LogP contribution in [-0.2, 0) is 0 Å². The molecule has 0 atom stereocenters. The third-order valence-electron chi connectivity index (χ3n) is 2.88. The van der Waals surface area contributed by atoms with Crippen LogP contribution in [0.1, 0.15) is 10.5 Å². The number of amides is 1. The molecule has 0 spiro atoms. The fourth-order valence-electron chi connectivity index (χ4n) is 1.76. The maximum absolute atomic E-state index is 12.3. The number of hydrogen-bond donors (Lipinski definition) is 1. The summed E-state index contributed by atoms with van der Waals surface area (Å²) in [5, 5.41) is 3.12. The van der Waals surface area contributed by atoms with Gasteiger partial charge in [0, 0.05) is 19.3 Å². The SMILES string of the molecule is C=CCNc1ccc(C(=O)N(C)c2ccccc2)nc1. The molecule has 0 aliphatic rings. The van der Waals surface area contributed by atoms with Crippen LogP contribution in [0.5, 0.6) is 0 Å². The van der Waals surface area contributed by atoms with Crippen molar-refractivity contribution in [3.8, 4) is 0 Å². The molecule has 2 rings (SSSR count). The molecule has 4 heteroatoms. The zero-order valence-corrected chi connectivity index (χ0v) is 11.4. The average Bonchev–Trinajstić information content (AvgIpc) is 2.53. The minimum absolute atomic E-state index is 0.133. The van der Waals surface area contributed by atoms with E-state index in [0.717, 1.165) is 11.4 Å². The van der Waals surface area contributed by atoms with Crippen LogP contribution in [0.4, 0.5) is 11.4 Å². The standard InChI is InChI=1S/C16H17N3O/c1-3-11-17-13-9-10-15(18-12-13)16(20)19(2)14-7-5-4-6-8-14/h3-10,12,17H,1,11H2,2H3. The minimum atomic E-state index is -0.133. The van der Waals surface area contributed by atoms with Gasteiger partial charge in [-0.25, -0.2) is 4.98 Å². The van der Waals surface area contributed by atoms with Crippen molar-refractivity contribution in [1.82, 2.24) is 4.98 Å². The van der Waals surface area contributed by atoms with Gasteiger partial charge in [-0.05, 0) is 24.3 Å². The first-order chi connectivity index (χ1) is 9.72. The Bertz CT molecular complexity index is 578. The molecule has 102 valence electrons. The summed E-state index contributed by atoms with van der Waals surface area (Å²) in [6.45, 7) is 4.30. The van der Waals surface area contributed by atoms with Crippen molar-refractivity contribution in [1.29, 1.82) is 0 Å². The molecule has 0 bridgehead atoms. The van der Waals surface area contributed by atoms with E-state index in [-0.39, 0.29) is 5.91 Å². The molecule has 1 amide bonds. The third-order valence-corrected chi connectivity index (χ3v) is 2.88. The van der Waals surface area contributed by atoms with Gasteiger partial charge in [0.2, 0.25) is 0 Å². The maximum Gasteiger partial charge on any atom is 0.276 e. The molecule has 0 radical (unpaired) electrons. The average molecular weight is 267 g/mol. The van der Waals surface area contributed by atoms with Crippen molar-refractivity contribution in [3.05, 3.63) is 67.0 Å². The van der Waals surface area contributed by atoms with E-state index in [2.05, 4.69) is 16.9 Å². The van der Waals surface area contributed by atoms with Gasteiger partial charge >= 0.3 is 0 Å². The number of anilines is 2. The largest absolute Gasteiger partial charge is 0.380 e. The molecule has 0 unspecified atom stereocenters. The molecule has 0 saturated heterocycles. The van der Waals surface area contributed by atoms with Crippen molar-refractivity contribution in [2.75, 3.05) is 23.8 Å². The van der Waals surface area contributed by atoms with Gasteiger partial charge in [0.25, 0.3) is 5.91 Å². The van der Waals surface area contributed by atoms with Gasteiger partial charge < -0.3 is 10.2 Å². The lowest BCUT2D eigenvalue weighted by molar-refractivity contribution is 0.0988. The topological polar surface area (TPSA) is 45.2 Å². The molecule has 2 aromatic rings. The number of hydrogen-bond acceptors (Lipinski definition) is 3. The summed E-state index contributed by atoms with van der Waals surface area (Å²) in [4.78, 5) is 18.1. The summed E-state index contributed by atoms with van der Waals surface area (Å²) >= 11 is 0. The predicted molar refractivity (Wildman–Crippen MR) is 82.1 cm³/mol. The molecular weight excluding hydrogens is 250 g/mol. The number of nitrogens with zero attached hydrogens (tertiary/aromatic N) is 2. The Hall–Kier alpha value is -2.62. The van der Waals surface area contributed by atoms with Crippen molar-refractivity contribution in [3.63, 3.8) is 0 Å². The van der Waals surface area contributed by atoms with E-state index in [1.807, 2.05) is 36.4 Å². The van der Waals surface area contributed by atoms with Gasteiger partial charge in [-0.3, -0.25) is 4.79 Å². The first-order valence-corrected chi connectivity index (χ1v) is 6.36. The first kappa shape index (κ1) is 13.8. The number of pyridine rings is 1. The Labute approximate surface area is 118 Å². The van der Waals surface area contributed by atoms with Gasteiger partial charge in [0.15, 0.2) is 0 Å². The summed E-state index contributed by atoms with van der Waals surface area (Å²) in [5.41, 5.74) is 2.12. The smallest absolute Gasteiger partial charge is 0.276 e.